The summed E-state index contributed by atoms with van der Waals surface area (Å²) in [6, 6.07) is 0. The van der Waals surface area contributed by atoms with Gasteiger partial charge < -0.3 is 2.85 Å². The van der Waals surface area contributed by atoms with Crippen LogP contribution in [0, 0.1) is 11.8 Å². The molecule has 0 radical (unpaired) electrons. The van der Waals surface area contributed by atoms with Crippen LogP contribution in [0.5, 0.6) is 0 Å². The molecule has 0 nitrogen and oxygen atoms in total. The average Bonchev–Trinajstić information content (AvgIpc) is 1.85. The Hall–Kier alpha value is 0.766. The van der Waals surface area contributed by atoms with Gasteiger partial charge in [0.2, 0.25) is 0 Å². The zero-order chi connectivity index (χ0) is 8.69. The molecule has 0 unspecified atom stereocenters. The first-order valence-corrected chi connectivity index (χ1v) is 5.13. The van der Waals surface area contributed by atoms with Gasteiger partial charge in [0.05, 0.1) is 0 Å². The summed E-state index contributed by atoms with van der Waals surface area (Å²) in [7, 11) is 0. The Balaban J connectivity index is -0.000000167. The van der Waals surface area contributed by atoms with Crippen LogP contribution in [0.3, 0.4) is 0 Å². The Labute approximate surface area is 97.6 Å². The van der Waals surface area contributed by atoms with Crippen molar-refractivity contribution < 1.29 is 2.85 Å². The third-order valence-electron chi connectivity index (χ3n) is 2.06. The van der Waals surface area contributed by atoms with E-state index in [0.717, 1.165) is 11.8 Å². The minimum Gasteiger partial charge on any atom is -1.00 e. The van der Waals surface area contributed by atoms with E-state index in [2.05, 4.69) is 27.7 Å². The van der Waals surface area contributed by atoms with Crippen LogP contribution in [0.1, 0.15) is 62.7 Å². The molecule has 0 bridgehead atoms. The fourth-order valence-electron chi connectivity index (χ4n) is 1.28. The summed E-state index contributed by atoms with van der Waals surface area (Å²) in [5.41, 5.74) is 0. The molecule has 0 saturated heterocycles. The smallest absolute Gasteiger partial charge is 1.00 e. The van der Waals surface area contributed by atoms with Gasteiger partial charge in [-0.05, 0) is 11.8 Å². The van der Waals surface area contributed by atoms with Gasteiger partial charge in [0.1, 0.15) is 0 Å². The molecule has 0 fully saturated rings. The van der Waals surface area contributed by atoms with E-state index in [1.165, 1.54) is 32.1 Å². The van der Waals surface area contributed by atoms with Crippen molar-refractivity contribution in [2.45, 2.75) is 59.8 Å². The quantitative estimate of drug-likeness (QED) is 0.429. The summed E-state index contributed by atoms with van der Waals surface area (Å²) in [4.78, 5) is 0. The molecule has 0 amide bonds. The molecular formula is C11H26Mg. The van der Waals surface area contributed by atoms with Gasteiger partial charge in [0.15, 0.2) is 0 Å². The van der Waals surface area contributed by atoms with E-state index in [1.807, 2.05) is 0 Å². The largest absolute Gasteiger partial charge is 2.00 e. The molecule has 0 heterocycles. The SMILES string of the molecule is CC(C)CCCCCC(C)C.[H-].[H-].[Mg+2]. The maximum absolute atomic E-state index is 2.31. The van der Waals surface area contributed by atoms with Gasteiger partial charge in [-0.2, -0.15) is 0 Å². The van der Waals surface area contributed by atoms with Gasteiger partial charge >= 0.3 is 23.1 Å². The molecule has 0 aliphatic heterocycles. The van der Waals surface area contributed by atoms with Crippen LogP contribution in [0.25, 0.3) is 0 Å². The zero-order valence-electron chi connectivity index (χ0n) is 11.4. The maximum atomic E-state index is 2.31. The summed E-state index contributed by atoms with van der Waals surface area (Å²) in [5, 5.41) is 0. The summed E-state index contributed by atoms with van der Waals surface area (Å²) in [5.74, 6) is 1.79. The molecule has 72 valence electrons. The first-order valence-electron chi connectivity index (χ1n) is 5.13. The molecule has 0 saturated carbocycles. The zero-order valence-corrected chi connectivity index (χ0v) is 10.8. The topological polar surface area (TPSA) is 0 Å². The summed E-state index contributed by atoms with van der Waals surface area (Å²) >= 11 is 0. The van der Waals surface area contributed by atoms with Gasteiger partial charge in [0, 0.05) is 0 Å². The molecule has 0 aliphatic rings. The van der Waals surface area contributed by atoms with Crippen LogP contribution in [0.15, 0.2) is 0 Å². The van der Waals surface area contributed by atoms with Crippen molar-refractivity contribution in [3.8, 4) is 0 Å². The van der Waals surface area contributed by atoms with E-state index in [9.17, 15) is 0 Å². The van der Waals surface area contributed by atoms with Crippen LogP contribution < -0.4 is 0 Å². The van der Waals surface area contributed by atoms with E-state index in [4.69, 9.17) is 0 Å². The Morgan fingerprint density at radius 1 is 0.750 bits per heavy atom. The van der Waals surface area contributed by atoms with Gasteiger partial charge in [-0.25, -0.2) is 0 Å². The predicted octanol–water partition coefficient (Wildman–Crippen LogP) is 4.09. The van der Waals surface area contributed by atoms with Crippen LogP contribution in [-0.2, 0) is 0 Å². The molecule has 0 aliphatic carbocycles. The molecule has 0 aromatic rings. The molecule has 12 heavy (non-hydrogen) atoms. The van der Waals surface area contributed by atoms with Gasteiger partial charge in [-0.1, -0.05) is 59.8 Å². The van der Waals surface area contributed by atoms with Crippen molar-refractivity contribution in [2.75, 3.05) is 0 Å². The van der Waals surface area contributed by atoms with Crippen molar-refractivity contribution in [1.82, 2.24) is 0 Å². The van der Waals surface area contributed by atoms with Crippen LogP contribution in [0.2, 0.25) is 0 Å². The first kappa shape index (κ1) is 15.2. The molecule has 0 atom stereocenters. The average molecular weight is 183 g/mol. The van der Waals surface area contributed by atoms with E-state index < -0.39 is 0 Å². The van der Waals surface area contributed by atoms with Crippen molar-refractivity contribution in [3.05, 3.63) is 0 Å². The Morgan fingerprint density at radius 3 is 1.33 bits per heavy atom. The van der Waals surface area contributed by atoms with Crippen LogP contribution in [0.4, 0.5) is 0 Å². The van der Waals surface area contributed by atoms with Crippen molar-refractivity contribution in [3.63, 3.8) is 0 Å². The fraction of sp³-hybridized carbons (Fsp3) is 1.00. The maximum Gasteiger partial charge on any atom is 2.00 e. The minimum absolute atomic E-state index is 0. The Morgan fingerprint density at radius 2 is 1.08 bits per heavy atom. The van der Waals surface area contributed by atoms with Crippen molar-refractivity contribution >= 4 is 23.1 Å². The standard InChI is InChI=1S/C11H24.Mg.2H/c1-10(2)8-6-5-7-9-11(3)4;;;/h10-11H,5-9H2,1-4H3;;;/q;+2;2*-1. The van der Waals surface area contributed by atoms with Gasteiger partial charge in [-0.15, -0.1) is 0 Å². The molecule has 0 spiro atoms. The first-order chi connectivity index (χ1) is 5.13. The molecule has 0 aromatic carbocycles. The number of unbranched alkanes of at least 4 members (excludes halogenated alkanes) is 2. The van der Waals surface area contributed by atoms with Crippen LogP contribution >= 0.6 is 0 Å². The molecule has 1 heteroatoms. The summed E-state index contributed by atoms with van der Waals surface area (Å²) in [6.45, 7) is 9.23. The van der Waals surface area contributed by atoms with E-state index in [-0.39, 0.29) is 25.9 Å². The molecular weight excluding hydrogens is 156 g/mol. The minimum atomic E-state index is 0. The fourth-order valence-corrected chi connectivity index (χ4v) is 1.28. The number of hydrogen-bond acceptors (Lipinski definition) is 0. The second-order valence-electron chi connectivity index (χ2n) is 4.43. The Kier molecular flexibility index (Phi) is 12.5. The van der Waals surface area contributed by atoms with Gasteiger partial charge in [0.25, 0.3) is 0 Å². The van der Waals surface area contributed by atoms with Crippen LogP contribution in [-0.4, -0.2) is 23.1 Å². The summed E-state index contributed by atoms with van der Waals surface area (Å²) < 4.78 is 0. The van der Waals surface area contributed by atoms with E-state index in [1.54, 1.807) is 0 Å². The van der Waals surface area contributed by atoms with E-state index >= 15 is 0 Å². The molecule has 0 rings (SSSR count). The predicted molar refractivity (Wildman–Crippen MR) is 60.7 cm³/mol. The summed E-state index contributed by atoms with van der Waals surface area (Å²) in [6.07, 6.45) is 7.14. The number of rotatable bonds is 6. The van der Waals surface area contributed by atoms with Crippen molar-refractivity contribution in [1.29, 1.82) is 0 Å². The number of hydrogen-bond donors (Lipinski definition) is 0. The third-order valence-corrected chi connectivity index (χ3v) is 2.06. The van der Waals surface area contributed by atoms with E-state index in [0.29, 0.717) is 0 Å². The van der Waals surface area contributed by atoms with Gasteiger partial charge in [-0.3, -0.25) is 0 Å². The van der Waals surface area contributed by atoms with Crippen molar-refractivity contribution in [2.24, 2.45) is 11.8 Å². The molecule has 0 aromatic heterocycles. The second kappa shape index (κ2) is 9.85. The monoisotopic (exact) mass is 182 g/mol. The Bertz CT molecular complexity index is 75.4. The third kappa shape index (κ3) is 13.4. The normalized spacial score (nSPS) is 10.5. The molecule has 0 N–H and O–H groups in total. The second-order valence-corrected chi connectivity index (χ2v) is 4.43.